The lowest BCUT2D eigenvalue weighted by atomic mass is 10.1. The monoisotopic (exact) mass is 186 g/mol. The van der Waals surface area contributed by atoms with Crippen molar-refractivity contribution in [2.24, 2.45) is 5.73 Å². The summed E-state index contributed by atoms with van der Waals surface area (Å²) in [6.07, 6.45) is 8.07. The van der Waals surface area contributed by atoms with Crippen LogP contribution in [-0.2, 0) is 0 Å². The van der Waals surface area contributed by atoms with E-state index in [9.17, 15) is 0 Å². The van der Waals surface area contributed by atoms with E-state index in [2.05, 4.69) is 25.9 Å². The summed E-state index contributed by atoms with van der Waals surface area (Å²) in [5, 5.41) is 0. The smallest absolute Gasteiger partial charge is 0.0212 e. The van der Waals surface area contributed by atoms with Crippen LogP contribution in [0.15, 0.2) is 0 Å². The third-order valence-electron chi connectivity index (χ3n) is 2.64. The molecule has 0 aliphatic heterocycles. The fourth-order valence-corrected chi connectivity index (χ4v) is 1.57. The Labute approximate surface area is 83.5 Å². The second-order valence-electron chi connectivity index (χ2n) is 4.06. The highest BCUT2D eigenvalue weighted by molar-refractivity contribution is 4.66. The van der Waals surface area contributed by atoms with Crippen molar-refractivity contribution in [3.63, 3.8) is 0 Å². The SMILES string of the molecule is CCCCCCCC(CN)N(C)C. The van der Waals surface area contributed by atoms with Gasteiger partial charge in [-0.1, -0.05) is 39.0 Å². The van der Waals surface area contributed by atoms with Crippen molar-refractivity contribution in [3.8, 4) is 0 Å². The Morgan fingerprint density at radius 1 is 1.08 bits per heavy atom. The van der Waals surface area contributed by atoms with Gasteiger partial charge in [-0.2, -0.15) is 0 Å². The normalized spacial score (nSPS) is 13.6. The van der Waals surface area contributed by atoms with E-state index in [1.54, 1.807) is 0 Å². The van der Waals surface area contributed by atoms with Gasteiger partial charge in [-0.3, -0.25) is 0 Å². The van der Waals surface area contributed by atoms with Gasteiger partial charge < -0.3 is 10.6 Å². The van der Waals surface area contributed by atoms with Crippen molar-refractivity contribution in [1.29, 1.82) is 0 Å². The number of nitrogens with two attached hydrogens (primary N) is 1. The zero-order valence-electron chi connectivity index (χ0n) is 9.55. The van der Waals surface area contributed by atoms with Crippen molar-refractivity contribution in [2.75, 3.05) is 20.6 Å². The summed E-state index contributed by atoms with van der Waals surface area (Å²) in [7, 11) is 4.23. The number of hydrogen-bond acceptors (Lipinski definition) is 2. The number of likely N-dealkylation sites (N-methyl/N-ethyl adjacent to an activating group) is 1. The Morgan fingerprint density at radius 3 is 2.15 bits per heavy atom. The second kappa shape index (κ2) is 8.52. The third-order valence-corrected chi connectivity index (χ3v) is 2.64. The summed E-state index contributed by atoms with van der Waals surface area (Å²) in [5.74, 6) is 0. The standard InChI is InChI=1S/C11H26N2/c1-4-5-6-7-8-9-11(10-12)13(2)3/h11H,4-10,12H2,1-3H3. The first kappa shape index (κ1) is 12.9. The van der Waals surface area contributed by atoms with Crippen molar-refractivity contribution < 1.29 is 0 Å². The Balaban J connectivity index is 3.28. The van der Waals surface area contributed by atoms with Gasteiger partial charge in [-0.25, -0.2) is 0 Å². The van der Waals surface area contributed by atoms with Crippen LogP contribution >= 0.6 is 0 Å². The second-order valence-corrected chi connectivity index (χ2v) is 4.06. The summed E-state index contributed by atoms with van der Waals surface area (Å²) in [4.78, 5) is 2.24. The fourth-order valence-electron chi connectivity index (χ4n) is 1.57. The zero-order valence-corrected chi connectivity index (χ0v) is 9.55. The fraction of sp³-hybridized carbons (Fsp3) is 1.00. The molecule has 0 heterocycles. The van der Waals surface area contributed by atoms with E-state index in [1.165, 1.54) is 38.5 Å². The average molecular weight is 186 g/mol. The molecule has 0 bridgehead atoms. The molecule has 2 heteroatoms. The van der Waals surface area contributed by atoms with Crippen LogP contribution in [0.5, 0.6) is 0 Å². The molecule has 0 aliphatic carbocycles. The molecule has 80 valence electrons. The van der Waals surface area contributed by atoms with E-state index < -0.39 is 0 Å². The molecule has 0 amide bonds. The largest absolute Gasteiger partial charge is 0.329 e. The molecule has 0 radical (unpaired) electrons. The maximum absolute atomic E-state index is 5.67. The molecule has 2 N–H and O–H groups in total. The Kier molecular flexibility index (Phi) is 8.46. The molecule has 0 rings (SSSR count). The van der Waals surface area contributed by atoms with Gasteiger partial charge >= 0.3 is 0 Å². The van der Waals surface area contributed by atoms with Crippen molar-refractivity contribution >= 4 is 0 Å². The van der Waals surface area contributed by atoms with Crippen LogP contribution in [0.3, 0.4) is 0 Å². The van der Waals surface area contributed by atoms with Gasteiger partial charge in [0.1, 0.15) is 0 Å². The maximum Gasteiger partial charge on any atom is 0.0212 e. The lowest BCUT2D eigenvalue weighted by molar-refractivity contribution is 0.277. The first-order valence-corrected chi connectivity index (χ1v) is 5.58. The Morgan fingerprint density at radius 2 is 1.69 bits per heavy atom. The third kappa shape index (κ3) is 7.03. The average Bonchev–Trinajstić information content (AvgIpc) is 2.10. The van der Waals surface area contributed by atoms with Crippen LogP contribution in [0.2, 0.25) is 0 Å². The summed E-state index contributed by atoms with van der Waals surface area (Å²) < 4.78 is 0. The highest BCUT2D eigenvalue weighted by Gasteiger charge is 2.07. The molecule has 1 atom stereocenters. The predicted molar refractivity (Wildman–Crippen MR) is 59.9 cm³/mol. The molecular formula is C11H26N2. The number of nitrogens with zero attached hydrogens (tertiary/aromatic N) is 1. The zero-order chi connectivity index (χ0) is 10.1. The van der Waals surface area contributed by atoms with Crippen molar-refractivity contribution in [3.05, 3.63) is 0 Å². The van der Waals surface area contributed by atoms with E-state index in [0.717, 1.165) is 6.54 Å². The minimum atomic E-state index is 0.585. The van der Waals surface area contributed by atoms with Crippen LogP contribution in [0.1, 0.15) is 45.4 Å². The van der Waals surface area contributed by atoms with E-state index in [1.807, 2.05) is 0 Å². The summed E-state index contributed by atoms with van der Waals surface area (Å²) >= 11 is 0. The molecule has 13 heavy (non-hydrogen) atoms. The van der Waals surface area contributed by atoms with E-state index >= 15 is 0 Å². The first-order chi connectivity index (χ1) is 6.22. The van der Waals surface area contributed by atoms with Crippen molar-refractivity contribution in [1.82, 2.24) is 4.90 Å². The molecule has 0 saturated carbocycles. The lowest BCUT2D eigenvalue weighted by Crippen LogP contribution is -2.34. The predicted octanol–water partition coefficient (Wildman–Crippen LogP) is 2.24. The van der Waals surface area contributed by atoms with E-state index in [0.29, 0.717) is 6.04 Å². The minimum Gasteiger partial charge on any atom is -0.329 e. The van der Waals surface area contributed by atoms with Gasteiger partial charge in [-0.05, 0) is 20.5 Å². The number of hydrogen-bond donors (Lipinski definition) is 1. The highest BCUT2D eigenvalue weighted by Crippen LogP contribution is 2.08. The highest BCUT2D eigenvalue weighted by atomic mass is 15.1. The summed E-state index contributed by atoms with van der Waals surface area (Å²) in [6.45, 7) is 3.04. The molecule has 0 aromatic heterocycles. The van der Waals surface area contributed by atoms with Crippen LogP contribution in [0.4, 0.5) is 0 Å². The molecule has 0 saturated heterocycles. The number of unbranched alkanes of at least 4 members (excludes halogenated alkanes) is 4. The van der Waals surface area contributed by atoms with Crippen LogP contribution < -0.4 is 5.73 Å². The molecule has 0 aromatic carbocycles. The van der Waals surface area contributed by atoms with Gasteiger partial charge in [0, 0.05) is 12.6 Å². The van der Waals surface area contributed by atoms with E-state index in [-0.39, 0.29) is 0 Å². The molecule has 0 fully saturated rings. The first-order valence-electron chi connectivity index (χ1n) is 5.58. The molecule has 0 aliphatic rings. The maximum atomic E-state index is 5.67. The topological polar surface area (TPSA) is 29.3 Å². The summed E-state index contributed by atoms with van der Waals surface area (Å²) in [6, 6.07) is 0.585. The number of rotatable bonds is 8. The minimum absolute atomic E-state index is 0.585. The van der Waals surface area contributed by atoms with Gasteiger partial charge in [0.15, 0.2) is 0 Å². The summed E-state index contributed by atoms with van der Waals surface area (Å²) in [5.41, 5.74) is 5.67. The van der Waals surface area contributed by atoms with Gasteiger partial charge in [-0.15, -0.1) is 0 Å². The molecule has 0 aromatic rings. The van der Waals surface area contributed by atoms with Gasteiger partial charge in [0.25, 0.3) is 0 Å². The Hall–Kier alpha value is -0.0800. The molecule has 0 spiro atoms. The van der Waals surface area contributed by atoms with Crippen molar-refractivity contribution in [2.45, 2.75) is 51.5 Å². The quantitative estimate of drug-likeness (QED) is 0.589. The molecule has 1 unspecified atom stereocenters. The van der Waals surface area contributed by atoms with E-state index in [4.69, 9.17) is 5.73 Å². The molecular weight excluding hydrogens is 160 g/mol. The van der Waals surface area contributed by atoms with Gasteiger partial charge in [0.05, 0.1) is 0 Å². The lowest BCUT2D eigenvalue weighted by Gasteiger charge is -2.22. The Bertz CT molecular complexity index is 102. The van der Waals surface area contributed by atoms with Crippen LogP contribution in [0, 0.1) is 0 Å². The molecule has 2 nitrogen and oxygen atoms in total. The van der Waals surface area contributed by atoms with Crippen LogP contribution in [-0.4, -0.2) is 31.6 Å². The van der Waals surface area contributed by atoms with Crippen LogP contribution in [0.25, 0.3) is 0 Å². The van der Waals surface area contributed by atoms with Gasteiger partial charge in [0.2, 0.25) is 0 Å².